The molecule has 0 amide bonds. The Morgan fingerprint density at radius 1 is 1.08 bits per heavy atom. The molecule has 2 aromatic heterocycles. The van der Waals surface area contributed by atoms with Gasteiger partial charge in [0.2, 0.25) is 6.23 Å². The van der Waals surface area contributed by atoms with Crippen LogP contribution in [0, 0.1) is 0 Å². The lowest BCUT2D eigenvalue weighted by atomic mass is 9.97. The molecular weight excluding hydrogens is 318 g/mol. The van der Waals surface area contributed by atoms with Crippen LogP contribution in [-0.4, -0.2) is 15.7 Å². The van der Waals surface area contributed by atoms with Gasteiger partial charge in [-0.05, 0) is 23.6 Å². The standard InChI is InChI=1S/C19H15N3OS/c1-2-7-17-14(6-1)16-11-15(13-5-3-9-20-12-13)21-22(16)19(23-17)18-8-4-10-24-18/h1-10,12,16,19H,11H2/t16-,19+/m1/s1. The summed E-state index contributed by atoms with van der Waals surface area (Å²) in [5.74, 6) is 0.958. The molecule has 3 aromatic rings. The first-order valence-electron chi connectivity index (χ1n) is 7.95. The smallest absolute Gasteiger partial charge is 0.222 e. The van der Waals surface area contributed by atoms with E-state index in [0.717, 1.165) is 23.4 Å². The number of nitrogens with zero attached hydrogens (tertiary/aromatic N) is 3. The molecule has 2 atom stereocenters. The van der Waals surface area contributed by atoms with Crippen LogP contribution >= 0.6 is 11.3 Å². The minimum absolute atomic E-state index is 0.168. The number of ether oxygens (including phenoxy) is 1. The second-order valence-corrected chi connectivity index (χ2v) is 6.89. The predicted octanol–water partition coefficient (Wildman–Crippen LogP) is 4.39. The fourth-order valence-corrected chi connectivity index (χ4v) is 4.11. The van der Waals surface area contributed by atoms with Crippen molar-refractivity contribution in [3.63, 3.8) is 0 Å². The Labute approximate surface area is 144 Å². The second kappa shape index (κ2) is 5.46. The number of hydrogen-bond donors (Lipinski definition) is 0. The van der Waals surface area contributed by atoms with Gasteiger partial charge >= 0.3 is 0 Å². The monoisotopic (exact) mass is 333 g/mol. The van der Waals surface area contributed by atoms with Gasteiger partial charge in [-0.1, -0.05) is 30.3 Å². The van der Waals surface area contributed by atoms with Gasteiger partial charge in [0.1, 0.15) is 5.75 Å². The van der Waals surface area contributed by atoms with Crippen LogP contribution in [0.2, 0.25) is 0 Å². The molecule has 4 heterocycles. The van der Waals surface area contributed by atoms with Crippen LogP contribution < -0.4 is 4.74 Å². The number of para-hydroxylation sites is 1. The second-order valence-electron chi connectivity index (χ2n) is 5.91. The Morgan fingerprint density at radius 3 is 2.88 bits per heavy atom. The summed E-state index contributed by atoms with van der Waals surface area (Å²) in [6.07, 6.45) is 4.37. The van der Waals surface area contributed by atoms with E-state index in [1.807, 2.05) is 18.3 Å². The van der Waals surface area contributed by atoms with Crippen molar-refractivity contribution >= 4 is 17.0 Å². The first kappa shape index (κ1) is 13.7. The van der Waals surface area contributed by atoms with Crippen LogP contribution in [0.1, 0.15) is 34.7 Å². The molecule has 5 rings (SSSR count). The topological polar surface area (TPSA) is 37.7 Å². The predicted molar refractivity (Wildman–Crippen MR) is 94.1 cm³/mol. The summed E-state index contributed by atoms with van der Waals surface area (Å²) in [4.78, 5) is 5.40. The molecule has 0 N–H and O–H groups in total. The quantitative estimate of drug-likeness (QED) is 0.698. The molecule has 2 aliphatic heterocycles. The van der Waals surface area contributed by atoms with Crippen molar-refractivity contribution in [2.24, 2.45) is 5.10 Å². The van der Waals surface area contributed by atoms with Gasteiger partial charge in [0.25, 0.3) is 0 Å². The Morgan fingerprint density at radius 2 is 2.04 bits per heavy atom. The molecule has 0 bridgehead atoms. The van der Waals surface area contributed by atoms with E-state index in [1.54, 1.807) is 17.5 Å². The van der Waals surface area contributed by atoms with Crippen molar-refractivity contribution in [2.45, 2.75) is 18.7 Å². The normalized spacial score (nSPS) is 21.7. The van der Waals surface area contributed by atoms with Gasteiger partial charge in [-0.15, -0.1) is 11.3 Å². The summed E-state index contributed by atoms with van der Waals surface area (Å²) in [6.45, 7) is 0. The van der Waals surface area contributed by atoms with Gasteiger partial charge in [-0.2, -0.15) is 5.10 Å². The van der Waals surface area contributed by atoms with Crippen molar-refractivity contribution < 1.29 is 4.74 Å². The third-order valence-corrected chi connectivity index (χ3v) is 5.38. The molecule has 0 saturated heterocycles. The summed E-state index contributed by atoms with van der Waals surface area (Å²) in [5.41, 5.74) is 3.34. The van der Waals surface area contributed by atoms with Crippen LogP contribution in [0.4, 0.5) is 0 Å². The maximum Gasteiger partial charge on any atom is 0.222 e. The number of benzene rings is 1. The number of hydrogen-bond acceptors (Lipinski definition) is 5. The van der Waals surface area contributed by atoms with Gasteiger partial charge in [-0.25, -0.2) is 5.01 Å². The van der Waals surface area contributed by atoms with Crippen molar-refractivity contribution in [1.29, 1.82) is 0 Å². The summed E-state index contributed by atoms with van der Waals surface area (Å²) in [5, 5.41) is 9.10. The number of fused-ring (bicyclic) bond motifs is 3. The van der Waals surface area contributed by atoms with Gasteiger partial charge in [-0.3, -0.25) is 4.98 Å². The summed E-state index contributed by atoms with van der Waals surface area (Å²) < 4.78 is 6.29. The molecule has 24 heavy (non-hydrogen) atoms. The zero-order valence-corrected chi connectivity index (χ0v) is 13.7. The number of hydrazone groups is 1. The van der Waals surface area contributed by atoms with Crippen molar-refractivity contribution in [1.82, 2.24) is 9.99 Å². The molecular formula is C19H15N3OS. The lowest BCUT2D eigenvalue weighted by molar-refractivity contribution is -0.0165. The molecule has 2 aliphatic rings. The minimum Gasteiger partial charge on any atom is -0.464 e. The van der Waals surface area contributed by atoms with Crippen LogP contribution in [0.5, 0.6) is 5.75 Å². The fraction of sp³-hybridized carbons (Fsp3) is 0.158. The van der Waals surface area contributed by atoms with Gasteiger partial charge in [0, 0.05) is 29.9 Å². The molecule has 0 spiro atoms. The maximum absolute atomic E-state index is 6.29. The number of rotatable bonds is 2. The molecule has 0 unspecified atom stereocenters. The Hall–Kier alpha value is -2.66. The SMILES string of the molecule is c1cncc(C2=NN3[C@H](C2)c2ccccc2O[C@H]3c2cccs2)c1. The molecule has 0 fully saturated rings. The van der Waals surface area contributed by atoms with Gasteiger partial charge in [0.15, 0.2) is 0 Å². The zero-order chi connectivity index (χ0) is 15.9. The minimum atomic E-state index is -0.168. The van der Waals surface area contributed by atoms with E-state index in [-0.39, 0.29) is 12.3 Å². The van der Waals surface area contributed by atoms with Crippen LogP contribution in [0.15, 0.2) is 71.4 Å². The van der Waals surface area contributed by atoms with E-state index >= 15 is 0 Å². The van der Waals surface area contributed by atoms with Gasteiger partial charge in [0.05, 0.1) is 16.6 Å². The van der Waals surface area contributed by atoms with Crippen molar-refractivity contribution in [3.8, 4) is 5.75 Å². The molecule has 1 aromatic carbocycles. The molecule has 5 heteroatoms. The average Bonchev–Trinajstić information content (AvgIpc) is 3.32. The fourth-order valence-electron chi connectivity index (χ4n) is 3.36. The number of pyridine rings is 1. The summed E-state index contributed by atoms with van der Waals surface area (Å²) >= 11 is 1.70. The lowest BCUT2D eigenvalue weighted by Crippen LogP contribution is -2.33. The summed E-state index contributed by atoms with van der Waals surface area (Å²) in [6, 6.07) is 16.7. The molecule has 118 valence electrons. The number of thiophene rings is 1. The molecule has 0 aliphatic carbocycles. The molecule has 4 nitrogen and oxygen atoms in total. The van der Waals surface area contributed by atoms with Crippen LogP contribution in [-0.2, 0) is 0 Å². The van der Waals surface area contributed by atoms with E-state index in [4.69, 9.17) is 9.84 Å². The highest BCUT2D eigenvalue weighted by atomic mass is 32.1. The Balaban J connectivity index is 1.61. The van der Waals surface area contributed by atoms with Gasteiger partial charge < -0.3 is 4.74 Å². The third-order valence-electron chi connectivity index (χ3n) is 4.48. The maximum atomic E-state index is 6.29. The largest absolute Gasteiger partial charge is 0.464 e. The molecule has 0 saturated carbocycles. The third kappa shape index (κ3) is 2.12. The van der Waals surface area contributed by atoms with E-state index in [2.05, 4.69) is 51.8 Å². The average molecular weight is 333 g/mol. The first-order chi connectivity index (χ1) is 11.9. The zero-order valence-electron chi connectivity index (χ0n) is 12.9. The van der Waals surface area contributed by atoms with E-state index in [1.165, 1.54) is 10.4 Å². The Bertz CT molecular complexity index is 892. The highest BCUT2D eigenvalue weighted by Gasteiger charge is 2.41. The van der Waals surface area contributed by atoms with E-state index in [9.17, 15) is 0 Å². The Kier molecular flexibility index (Phi) is 3.13. The lowest BCUT2D eigenvalue weighted by Gasteiger charge is -2.37. The van der Waals surface area contributed by atoms with E-state index in [0.29, 0.717) is 0 Å². The van der Waals surface area contributed by atoms with Crippen molar-refractivity contribution in [2.75, 3.05) is 0 Å². The van der Waals surface area contributed by atoms with Crippen LogP contribution in [0.3, 0.4) is 0 Å². The first-order valence-corrected chi connectivity index (χ1v) is 8.83. The van der Waals surface area contributed by atoms with Crippen LogP contribution in [0.25, 0.3) is 0 Å². The highest BCUT2D eigenvalue weighted by Crippen LogP contribution is 2.47. The summed E-state index contributed by atoms with van der Waals surface area (Å²) in [7, 11) is 0. The number of aromatic nitrogens is 1. The molecule has 0 radical (unpaired) electrons. The van der Waals surface area contributed by atoms with E-state index < -0.39 is 0 Å². The highest BCUT2D eigenvalue weighted by molar-refractivity contribution is 7.10. The van der Waals surface area contributed by atoms with Crippen molar-refractivity contribution in [3.05, 3.63) is 82.3 Å².